The van der Waals surface area contributed by atoms with E-state index in [0.29, 0.717) is 0 Å². The lowest BCUT2D eigenvalue weighted by molar-refractivity contribution is 0.461. The maximum atomic E-state index is 6.02. The van der Waals surface area contributed by atoms with E-state index in [0.717, 1.165) is 25.1 Å². The molecule has 0 aliphatic carbocycles. The zero-order valence-electron chi connectivity index (χ0n) is 12.6. The molecular formula is C17H23N3. The molecule has 0 bridgehead atoms. The Hall–Kier alpha value is -1.61. The average Bonchev–Trinajstić information content (AvgIpc) is 2.80. The number of nitrogens with zero attached hydrogens (tertiary/aromatic N) is 2. The summed E-state index contributed by atoms with van der Waals surface area (Å²) in [4.78, 5) is 4.60. The minimum atomic E-state index is 0.193. The molecule has 0 spiro atoms. The SMILES string of the molecule is CC(C)(C)c1ccc(-c2ncn3c2CCC(N)C3)cc1. The average molecular weight is 269 g/mol. The Morgan fingerprint density at radius 2 is 1.90 bits per heavy atom. The van der Waals surface area contributed by atoms with Crippen molar-refractivity contribution in [3.05, 3.63) is 41.9 Å². The van der Waals surface area contributed by atoms with E-state index in [1.165, 1.54) is 16.8 Å². The van der Waals surface area contributed by atoms with Gasteiger partial charge in [0.15, 0.2) is 0 Å². The van der Waals surface area contributed by atoms with E-state index in [9.17, 15) is 0 Å². The molecule has 0 saturated heterocycles. The van der Waals surface area contributed by atoms with Gasteiger partial charge in [0, 0.05) is 23.8 Å². The van der Waals surface area contributed by atoms with Crippen LogP contribution in [0, 0.1) is 0 Å². The number of nitrogens with two attached hydrogens (primary N) is 1. The largest absolute Gasteiger partial charge is 0.332 e. The number of rotatable bonds is 1. The van der Waals surface area contributed by atoms with Crippen LogP contribution in [0.3, 0.4) is 0 Å². The summed E-state index contributed by atoms with van der Waals surface area (Å²) in [5.41, 5.74) is 11.2. The second-order valence-electron chi connectivity index (χ2n) is 6.82. The van der Waals surface area contributed by atoms with Gasteiger partial charge in [-0.1, -0.05) is 45.0 Å². The number of hydrogen-bond acceptors (Lipinski definition) is 2. The van der Waals surface area contributed by atoms with E-state index in [-0.39, 0.29) is 11.5 Å². The summed E-state index contributed by atoms with van der Waals surface area (Å²) in [6.07, 6.45) is 4.01. The molecule has 1 atom stereocenters. The fraction of sp³-hybridized carbons (Fsp3) is 0.471. The highest BCUT2D eigenvalue weighted by atomic mass is 15.1. The summed E-state index contributed by atoms with van der Waals surface area (Å²) in [7, 11) is 0. The number of benzene rings is 1. The summed E-state index contributed by atoms with van der Waals surface area (Å²) in [5, 5.41) is 0. The first-order valence-corrected chi connectivity index (χ1v) is 7.35. The van der Waals surface area contributed by atoms with Gasteiger partial charge in [-0.2, -0.15) is 0 Å². The Labute approximate surface area is 120 Å². The maximum Gasteiger partial charge on any atom is 0.0956 e. The molecule has 0 saturated carbocycles. The lowest BCUT2D eigenvalue weighted by Gasteiger charge is -2.22. The van der Waals surface area contributed by atoms with Gasteiger partial charge >= 0.3 is 0 Å². The van der Waals surface area contributed by atoms with Crippen molar-refractivity contribution in [2.75, 3.05) is 0 Å². The van der Waals surface area contributed by atoms with Crippen molar-refractivity contribution in [1.82, 2.24) is 9.55 Å². The van der Waals surface area contributed by atoms with Gasteiger partial charge in [-0.25, -0.2) is 4.98 Å². The number of aromatic nitrogens is 2. The van der Waals surface area contributed by atoms with Crippen molar-refractivity contribution in [2.24, 2.45) is 5.73 Å². The van der Waals surface area contributed by atoms with Crippen LogP contribution < -0.4 is 5.73 Å². The molecule has 106 valence electrons. The molecule has 1 aromatic heterocycles. The Morgan fingerprint density at radius 3 is 2.55 bits per heavy atom. The van der Waals surface area contributed by atoms with E-state index >= 15 is 0 Å². The Bertz CT molecular complexity index is 602. The summed E-state index contributed by atoms with van der Waals surface area (Å²) >= 11 is 0. The third-order valence-electron chi connectivity index (χ3n) is 4.15. The third-order valence-corrected chi connectivity index (χ3v) is 4.15. The highest BCUT2D eigenvalue weighted by Crippen LogP contribution is 2.29. The molecule has 1 aromatic carbocycles. The molecular weight excluding hydrogens is 246 g/mol. The maximum absolute atomic E-state index is 6.02. The van der Waals surface area contributed by atoms with E-state index in [1.807, 2.05) is 6.33 Å². The number of fused-ring (bicyclic) bond motifs is 1. The van der Waals surface area contributed by atoms with Gasteiger partial charge in [0.2, 0.25) is 0 Å². The lowest BCUT2D eigenvalue weighted by Crippen LogP contribution is -2.31. The molecule has 2 heterocycles. The Kier molecular flexibility index (Phi) is 3.17. The van der Waals surface area contributed by atoms with Crippen molar-refractivity contribution >= 4 is 0 Å². The summed E-state index contributed by atoms with van der Waals surface area (Å²) < 4.78 is 2.21. The second kappa shape index (κ2) is 4.74. The molecule has 1 aliphatic heterocycles. The van der Waals surface area contributed by atoms with Crippen LogP contribution in [0.25, 0.3) is 11.3 Å². The van der Waals surface area contributed by atoms with Crippen LogP contribution in [-0.2, 0) is 18.4 Å². The van der Waals surface area contributed by atoms with Crippen LogP contribution in [-0.4, -0.2) is 15.6 Å². The molecule has 0 amide bonds. The third kappa shape index (κ3) is 2.38. The van der Waals surface area contributed by atoms with Crippen molar-refractivity contribution < 1.29 is 0 Å². The lowest BCUT2D eigenvalue weighted by atomic mass is 9.86. The Balaban J connectivity index is 1.94. The van der Waals surface area contributed by atoms with Crippen molar-refractivity contribution in [2.45, 2.75) is 51.6 Å². The van der Waals surface area contributed by atoms with Crippen LogP contribution in [0.2, 0.25) is 0 Å². The number of hydrogen-bond donors (Lipinski definition) is 1. The first-order chi connectivity index (χ1) is 9.45. The molecule has 20 heavy (non-hydrogen) atoms. The molecule has 2 N–H and O–H groups in total. The quantitative estimate of drug-likeness (QED) is 0.864. The van der Waals surface area contributed by atoms with Crippen LogP contribution in [0.1, 0.15) is 38.4 Å². The van der Waals surface area contributed by atoms with Gasteiger partial charge in [-0.3, -0.25) is 0 Å². The fourth-order valence-electron chi connectivity index (χ4n) is 2.86. The van der Waals surface area contributed by atoms with Gasteiger partial charge in [0.1, 0.15) is 0 Å². The Morgan fingerprint density at radius 1 is 1.20 bits per heavy atom. The van der Waals surface area contributed by atoms with Crippen LogP contribution in [0.15, 0.2) is 30.6 Å². The highest BCUT2D eigenvalue weighted by molar-refractivity contribution is 5.62. The molecule has 0 fully saturated rings. The van der Waals surface area contributed by atoms with Crippen molar-refractivity contribution in [3.8, 4) is 11.3 Å². The fourth-order valence-corrected chi connectivity index (χ4v) is 2.86. The topological polar surface area (TPSA) is 43.8 Å². The molecule has 3 rings (SSSR count). The summed E-state index contributed by atoms with van der Waals surface area (Å²) in [6, 6.07) is 9.09. The predicted octanol–water partition coefficient (Wildman–Crippen LogP) is 3.12. The van der Waals surface area contributed by atoms with Gasteiger partial charge in [-0.05, 0) is 23.8 Å². The summed E-state index contributed by atoms with van der Waals surface area (Å²) in [6.45, 7) is 7.61. The van der Waals surface area contributed by atoms with Crippen molar-refractivity contribution in [3.63, 3.8) is 0 Å². The molecule has 3 heteroatoms. The zero-order chi connectivity index (χ0) is 14.3. The van der Waals surface area contributed by atoms with Gasteiger partial charge < -0.3 is 10.3 Å². The monoisotopic (exact) mass is 269 g/mol. The standard InChI is InChI=1S/C17H23N3/c1-17(2,3)13-6-4-12(5-7-13)16-15-9-8-14(18)10-20(15)11-19-16/h4-7,11,14H,8-10,18H2,1-3H3. The molecule has 0 radical (unpaired) electrons. The van der Waals surface area contributed by atoms with Gasteiger partial charge in [0.25, 0.3) is 0 Å². The van der Waals surface area contributed by atoms with Crippen LogP contribution in [0.4, 0.5) is 0 Å². The van der Waals surface area contributed by atoms with Gasteiger partial charge in [0.05, 0.1) is 12.0 Å². The van der Waals surface area contributed by atoms with E-state index in [1.54, 1.807) is 0 Å². The second-order valence-corrected chi connectivity index (χ2v) is 6.82. The highest BCUT2D eigenvalue weighted by Gasteiger charge is 2.20. The molecule has 3 nitrogen and oxygen atoms in total. The number of imidazole rings is 1. The minimum Gasteiger partial charge on any atom is -0.332 e. The smallest absolute Gasteiger partial charge is 0.0956 e. The minimum absolute atomic E-state index is 0.193. The zero-order valence-corrected chi connectivity index (χ0v) is 12.6. The molecule has 2 aromatic rings. The molecule has 1 aliphatic rings. The van der Waals surface area contributed by atoms with Crippen molar-refractivity contribution in [1.29, 1.82) is 0 Å². The normalized spacial score (nSPS) is 18.9. The first-order valence-electron chi connectivity index (χ1n) is 7.35. The van der Waals surface area contributed by atoms with E-state index in [2.05, 4.69) is 54.6 Å². The van der Waals surface area contributed by atoms with Crippen LogP contribution >= 0.6 is 0 Å². The predicted molar refractivity (Wildman–Crippen MR) is 82.7 cm³/mol. The molecule has 1 unspecified atom stereocenters. The van der Waals surface area contributed by atoms with Gasteiger partial charge in [-0.15, -0.1) is 0 Å². The summed E-state index contributed by atoms with van der Waals surface area (Å²) in [5.74, 6) is 0. The first kappa shape index (κ1) is 13.4. The van der Waals surface area contributed by atoms with E-state index in [4.69, 9.17) is 5.73 Å². The van der Waals surface area contributed by atoms with Crippen LogP contribution in [0.5, 0.6) is 0 Å². The van der Waals surface area contributed by atoms with E-state index < -0.39 is 0 Å².